The van der Waals surface area contributed by atoms with E-state index in [0.29, 0.717) is 18.6 Å². The van der Waals surface area contributed by atoms with Gasteiger partial charge < -0.3 is 9.64 Å². The van der Waals surface area contributed by atoms with Gasteiger partial charge in [-0.15, -0.1) is 0 Å². The number of benzene rings is 1. The molecule has 0 radical (unpaired) electrons. The normalized spacial score (nSPS) is 23.4. The number of piperidine rings is 1. The van der Waals surface area contributed by atoms with Gasteiger partial charge in [-0.2, -0.15) is 0 Å². The molecule has 1 aromatic rings. The van der Waals surface area contributed by atoms with Crippen molar-refractivity contribution in [2.45, 2.75) is 44.9 Å². The summed E-state index contributed by atoms with van der Waals surface area (Å²) in [5, 5.41) is 0. The second-order valence-electron chi connectivity index (χ2n) is 7.49. The summed E-state index contributed by atoms with van der Waals surface area (Å²) < 4.78 is 5.45. The lowest BCUT2D eigenvalue weighted by atomic mass is 10.0. The highest BCUT2D eigenvalue weighted by atomic mass is 16.5. The molecule has 0 spiro atoms. The van der Waals surface area contributed by atoms with Gasteiger partial charge in [0.15, 0.2) is 0 Å². The van der Waals surface area contributed by atoms with Crippen molar-refractivity contribution >= 4 is 11.7 Å². The number of rotatable bonds is 3. The number of cyclic esters (lactones) is 1. The molecule has 1 saturated heterocycles. The first-order valence-electron chi connectivity index (χ1n) is 10.6. The van der Waals surface area contributed by atoms with E-state index in [4.69, 9.17) is 9.73 Å². The lowest BCUT2D eigenvalue weighted by Crippen LogP contribution is -2.32. The van der Waals surface area contributed by atoms with E-state index < -0.39 is 0 Å². The van der Waals surface area contributed by atoms with Crippen LogP contribution in [0.3, 0.4) is 0 Å². The van der Waals surface area contributed by atoms with Gasteiger partial charge in [0.25, 0.3) is 0 Å². The molecule has 1 aromatic carbocycles. The van der Waals surface area contributed by atoms with E-state index in [9.17, 15) is 4.79 Å². The van der Waals surface area contributed by atoms with Crippen molar-refractivity contribution in [3.8, 4) is 0 Å². The van der Waals surface area contributed by atoms with Gasteiger partial charge >= 0.3 is 5.97 Å². The highest BCUT2D eigenvalue weighted by molar-refractivity contribution is 5.99. The smallest absolute Gasteiger partial charge is 0.338 e. The molecule has 150 valence electrons. The first-order valence-corrected chi connectivity index (χ1v) is 10.6. The largest absolute Gasteiger partial charge is 0.462 e. The van der Waals surface area contributed by atoms with Gasteiger partial charge in [-0.1, -0.05) is 42.8 Å². The van der Waals surface area contributed by atoms with Crippen LogP contribution in [0.4, 0.5) is 0 Å². The number of fused-ring (bicyclic) bond motifs is 1. The van der Waals surface area contributed by atoms with Crippen LogP contribution in [0.15, 0.2) is 53.6 Å². The van der Waals surface area contributed by atoms with E-state index in [1.807, 2.05) is 24.3 Å². The average molecular weight is 381 g/mol. The summed E-state index contributed by atoms with van der Waals surface area (Å²) in [6.45, 7) is 4.65. The second-order valence-corrected chi connectivity index (χ2v) is 7.49. The number of carbonyl (C=O) groups excluding carboxylic acids is 1. The lowest BCUT2D eigenvalue weighted by molar-refractivity contribution is 0.0510. The third kappa shape index (κ3) is 6.75. The van der Waals surface area contributed by atoms with Crippen molar-refractivity contribution in [1.82, 2.24) is 4.90 Å². The molecule has 0 bridgehead atoms. The molecule has 0 aliphatic carbocycles. The maximum absolute atomic E-state index is 12.5. The highest BCUT2D eigenvalue weighted by Gasteiger charge is 2.14. The molecule has 4 nitrogen and oxygen atoms in total. The zero-order valence-electron chi connectivity index (χ0n) is 16.8. The molecule has 2 heterocycles. The number of esters is 1. The Balaban J connectivity index is 1.73. The number of ether oxygens (including phenoxy) is 1. The van der Waals surface area contributed by atoms with Crippen molar-refractivity contribution < 1.29 is 9.53 Å². The Labute approximate surface area is 169 Å². The number of aliphatic imine (C=N–C) groups is 1. The van der Waals surface area contributed by atoms with Gasteiger partial charge in [-0.05, 0) is 62.9 Å². The number of nitrogens with zero attached hydrogens (tertiary/aromatic N) is 2. The molecular weight excluding hydrogens is 348 g/mol. The Morgan fingerprint density at radius 2 is 1.75 bits per heavy atom. The van der Waals surface area contributed by atoms with Crippen LogP contribution in [0.25, 0.3) is 0 Å². The Morgan fingerprint density at radius 3 is 2.64 bits per heavy atom. The minimum atomic E-state index is -0.238. The first kappa shape index (κ1) is 20.5. The second kappa shape index (κ2) is 11.6. The van der Waals surface area contributed by atoms with Crippen molar-refractivity contribution in [1.29, 1.82) is 0 Å². The molecule has 4 heteroatoms. The zero-order valence-corrected chi connectivity index (χ0v) is 16.8. The molecule has 0 aromatic heterocycles. The molecular formula is C24H32N2O2. The quantitative estimate of drug-likeness (QED) is 0.568. The average Bonchev–Trinajstić information content (AvgIpc) is 2.73. The molecule has 0 amide bonds. The first-order chi connectivity index (χ1) is 13.8. The van der Waals surface area contributed by atoms with Crippen LogP contribution in [0, 0.1) is 0 Å². The van der Waals surface area contributed by atoms with Gasteiger partial charge in [0.2, 0.25) is 0 Å². The van der Waals surface area contributed by atoms with E-state index in [1.54, 1.807) is 0 Å². The van der Waals surface area contributed by atoms with Gasteiger partial charge in [-0.3, -0.25) is 4.99 Å². The van der Waals surface area contributed by atoms with Gasteiger partial charge in [0, 0.05) is 18.7 Å². The third-order valence-electron chi connectivity index (χ3n) is 5.28. The fourth-order valence-electron chi connectivity index (χ4n) is 3.70. The number of hydrogen-bond donors (Lipinski definition) is 0. The Bertz CT molecular complexity index is 715. The molecule has 0 unspecified atom stereocenters. The van der Waals surface area contributed by atoms with Crippen LogP contribution in [0.1, 0.15) is 54.4 Å². The molecule has 2 aliphatic rings. The summed E-state index contributed by atoms with van der Waals surface area (Å²) in [4.78, 5) is 19.9. The topological polar surface area (TPSA) is 41.9 Å². The van der Waals surface area contributed by atoms with Gasteiger partial charge in [0.1, 0.15) is 0 Å². The van der Waals surface area contributed by atoms with Crippen LogP contribution >= 0.6 is 0 Å². The standard InChI is InChI=1S/C24H32N2O2/c27-24-23-14-8-7-12-21(23)20-22(13-6-3-1-2-4-11-19-28-24)25-15-18-26-16-9-5-10-17-26/h2,4,6-8,12-14H,1,3,5,9-11,15-20H2/b4-2+,13-6+,25-22-. The molecule has 3 rings (SSSR count). The fourth-order valence-corrected chi connectivity index (χ4v) is 3.70. The molecule has 1 fully saturated rings. The number of likely N-dealkylation sites (tertiary alicyclic amines) is 1. The minimum Gasteiger partial charge on any atom is -0.462 e. The van der Waals surface area contributed by atoms with Crippen molar-refractivity contribution in [2.24, 2.45) is 4.99 Å². The van der Waals surface area contributed by atoms with Crippen LogP contribution in [0.5, 0.6) is 0 Å². The predicted octanol–water partition coefficient (Wildman–Crippen LogP) is 4.61. The Hall–Kier alpha value is -2.20. The summed E-state index contributed by atoms with van der Waals surface area (Å²) in [5.74, 6) is -0.238. The monoisotopic (exact) mass is 380 g/mol. The van der Waals surface area contributed by atoms with Crippen molar-refractivity contribution in [2.75, 3.05) is 32.8 Å². The Kier molecular flexibility index (Phi) is 8.51. The van der Waals surface area contributed by atoms with E-state index in [-0.39, 0.29) is 5.97 Å². The highest BCUT2D eigenvalue weighted by Crippen LogP contribution is 2.14. The third-order valence-corrected chi connectivity index (χ3v) is 5.28. The van der Waals surface area contributed by atoms with Gasteiger partial charge in [0.05, 0.1) is 18.7 Å². The SMILES string of the molecule is O=C1OCC/C=C/CC/C=C/C(=N/CCN2CCCCC2)Cc2ccccc21. The van der Waals surface area contributed by atoms with E-state index >= 15 is 0 Å². The predicted molar refractivity (Wildman–Crippen MR) is 115 cm³/mol. The number of hydrogen-bond acceptors (Lipinski definition) is 4. The maximum Gasteiger partial charge on any atom is 0.338 e. The maximum atomic E-state index is 12.5. The van der Waals surface area contributed by atoms with E-state index in [0.717, 1.165) is 43.6 Å². The van der Waals surface area contributed by atoms with E-state index in [1.165, 1.54) is 32.4 Å². The van der Waals surface area contributed by atoms with Crippen molar-refractivity contribution in [3.63, 3.8) is 0 Å². The van der Waals surface area contributed by atoms with E-state index in [2.05, 4.69) is 29.2 Å². The molecule has 0 saturated carbocycles. The summed E-state index contributed by atoms with van der Waals surface area (Å²) in [5.41, 5.74) is 2.68. The number of allylic oxidation sites excluding steroid dienone is 3. The summed E-state index contributed by atoms with van der Waals surface area (Å²) >= 11 is 0. The molecule has 0 N–H and O–H groups in total. The lowest BCUT2D eigenvalue weighted by Gasteiger charge is -2.25. The van der Waals surface area contributed by atoms with Crippen LogP contribution in [0.2, 0.25) is 0 Å². The molecule has 28 heavy (non-hydrogen) atoms. The van der Waals surface area contributed by atoms with Crippen molar-refractivity contribution in [3.05, 3.63) is 59.7 Å². The minimum absolute atomic E-state index is 0.238. The molecule has 2 aliphatic heterocycles. The van der Waals surface area contributed by atoms with Crippen LogP contribution < -0.4 is 0 Å². The summed E-state index contributed by atoms with van der Waals surface area (Å²) in [7, 11) is 0. The number of carbonyl (C=O) groups is 1. The zero-order chi connectivity index (χ0) is 19.4. The summed E-state index contributed by atoms with van der Waals surface area (Å²) in [6, 6.07) is 7.74. The van der Waals surface area contributed by atoms with Crippen LogP contribution in [-0.2, 0) is 11.2 Å². The fraction of sp³-hybridized carbons (Fsp3) is 0.500. The summed E-state index contributed by atoms with van der Waals surface area (Å²) in [6.07, 6.45) is 16.0. The van der Waals surface area contributed by atoms with Gasteiger partial charge in [-0.25, -0.2) is 4.79 Å². The van der Waals surface area contributed by atoms with Crippen LogP contribution in [-0.4, -0.2) is 49.4 Å². The Morgan fingerprint density at radius 1 is 0.964 bits per heavy atom. The molecule has 0 atom stereocenters.